The van der Waals surface area contributed by atoms with Crippen LogP contribution in [-0.4, -0.2) is 21.6 Å². The Morgan fingerprint density at radius 1 is 1.10 bits per heavy atom. The molecule has 0 radical (unpaired) electrons. The largest absolute Gasteiger partial charge is 0.495 e. The molecule has 0 amide bonds. The second kappa shape index (κ2) is 8.03. The number of ether oxygens (including phenoxy) is 1. The van der Waals surface area contributed by atoms with Gasteiger partial charge in [-0.25, -0.2) is 13.8 Å². The summed E-state index contributed by atoms with van der Waals surface area (Å²) in [6.07, 6.45) is -2.88. The molecule has 158 valence electrons. The van der Waals surface area contributed by atoms with Gasteiger partial charge in [-0.2, -0.15) is 0 Å². The molecule has 31 heavy (non-hydrogen) atoms. The van der Waals surface area contributed by atoms with Crippen molar-refractivity contribution < 1.29 is 13.5 Å². The van der Waals surface area contributed by atoms with E-state index in [1.807, 2.05) is 32.0 Å². The van der Waals surface area contributed by atoms with Crippen LogP contribution in [0.5, 0.6) is 5.75 Å². The second-order valence-electron chi connectivity index (χ2n) is 7.16. The second-order valence-corrected chi connectivity index (χ2v) is 7.55. The van der Waals surface area contributed by atoms with E-state index in [1.54, 1.807) is 24.3 Å². The average molecular weight is 439 g/mol. The summed E-state index contributed by atoms with van der Waals surface area (Å²) in [5.41, 5.74) is 2.50. The molecule has 0 aliphatic heterocycles. The molecule has 0 fully saturated rings. The molecule has 2 heterocycles. The summed E-state index contributed by atoms with van der Waals surface area (Å²) in [6.45, 7) is 3.91. The normalized spacial score (nSPS) is 11.3. The first-order valence-corrected chi connectivity index (χ1v) is 9.91. The van der Waals surface area contributed by atoms with Gasteiger partial charge in [0.25, 0.3) is 12.0 Å². The van der Waals surface area contributed by atoms with Gasteiger partial charge in [-0.1, -0.05) is 24.3 Å². The minimum atomic E-state index is -2.88. The van der Waals surface area contributed by atoms with Gasteiger partial charge in [-0.05, 0) is 61.5 Å². The highest BCUT2D eigenvalue weighted by molar-refractivity contribution is 7.71. The first-order valence-electron chi connectivity index (χ1n) is 9.51. The highest BCUT2D eigenvalue weighted by Gasteiger charge is 2.22. The van der Waals surface area contributed by atoms with Crippen LogP contribution in [-0.2, 0) is 0 Å². The van der Waals surface area contributed by atoms with E-state index in [2.05, 4.69) is 9.97 Å². The van der Waals surface area contributed by atoms with Crippen molar-refractivity contribution in [3.63, 3.8) is 0 Å². The Balaban J connectivity index is 2.17. The fourth-order valence-corrected chi connectivity index (χ4v) is 3.79. The summed E-state index contributed by atoms with van der Waals surface area (Å²) in [5.74, 6) is 0.462. The summed E-state index contributed by atoms with van der Waals surface area (Å²) < 4.78 is 35.0. The SMILES string of the molecule is COc1ccccc1-n1c(=S)[nH]c(=O)c2c(C(F)F)cc(-c3ccc(C)c(C)c3)nc21. The van der Waals surface area contributed by atoms with Crippen LogP contribution in [0.1, 0.15) is 23.1 Å². The summed E-state index contributed by atoms with van der Waals surface area (Å²) in [6, 6.07) is 13.9. The molecule has 0 bridgehead atoms. The zero-order valence-electron chi connectivity index (χ0n) is 17.1. The Morgan fingerprint density at radius 2 is 1.84 bits per heavy atom. The van der Waals surface area contributed by atoms with Crippen LogP contribution in [0.25, 0.3) is 28.0 Å². The molecule has 2 aromatic heterocycles. The molecule has 4 aromatic rings. The lowest BCUT2D eigenvalue weighted by molar-refractivity contribution is 0.153. The number of pyridine rings is 1. The highest BCUT2D eigenvalue weighted by atomic mass is 32.1. The number of rotatable bonds is 4. The van der Waals surface area contributed by atoms with Crippen LogP contribution in [0, 0.1) is 18.6 Å². The lowest BCUT2D eigenvalue weighted by Crippen LogP contribution is -2.17. The Morgan fingerprint density at radius 3 is 2.52 bits per heavy atom. The smallest absolute Gasteiger partial charge is 0.264 e. The number of aromatic amines is 1. The van der Waals surface area contributed by atoms with E-state index in [0.717, 1.165) is 11.1 Å². The standard InChI is InChI=1S/C23H19F2N3O2S/c1-12-8-9-14(10-13(12)2)16-11-15(20(24)25)19-21(26-16)28(23(31)27-22(19)29)17-6-4-5-7-18(17)30-3/h4-11,20H,1-3H3,(H,27,29,31). The lowest BCUT2D eigenvalue weighted by Gasteiger charge is -2.16. The monoisotopic (exact) mass is 439 g/mol. The van der Waals surface area contributed by atoms with E-state index in [0.29, 0.717) is 22.7 Å². The number of alkyl halides is 2. The molecule has 0 saturated carbocycles. The van der Waals surface area contributed by atoms with E-state index >= 15 is 0 Å². The molecule has 0 unspecified atom stereocenters. The third-order valence-electron chi connectivity index (χ3n) is 5.26. The molecule has 8 heteroatoms. The minimum Gasteiger partial charge on any atom is -0.495 e. The topological polar surface area (TPSA) is 59.9 Å². The van der Waals surface area contributed by atoms with Crippen LogP contribution in [0.15, 0.2) is 53.3 Å². The first kappa shape index (κ1) is 20.9. The minimum absolute atomic E-state index is 0.0342. The molecule has 0 aliphatic rings. The van der Waals surface area contributed by atoms with Crippen molar-refractivity contribution in [2.75, 3.05) is 7.11 Å². The van der Waals surface area contributed by atoms with Crippen LogP contribution in [0.4, 0.5) is 8.78 Å². The predicted molar refractivity (Wildman–Crippen MR) is 119 cm³/mol. The Bertz CT molecular complexity index is 1430. The number of hydrogen-bond acceptors (Lipinski definition) is 4. The number of hydrogen-bond donors (Lipinski definition) is 1. The number of aromatic nitrogens is 3. The van der Waals surface area contributed by atoms with Crippen molar-refractivity contribution in [1.29, 1.82) is 0 Å². The molecule has 2 aromatic carbocycles. The molecule has 4 rings (SSSR count). The fraction of sp³-hybridized carbons (Fsp3) is 0.174. The lowest BCUT2D eigenvalue weighted by atomic mass is 10.0. The first-order chi connectivity index (χ1) is 14.8. The summed E-state index contributed by atoms with van der Waals surface area (Å²) in [7, 11) is 1.49. The predicted octanol–water partition coefficient (Wildman–Crippen LogP) is 5.67. The number of benzene rings is 2. The maximum absolute atomic E-state index is 14.1. The Kier molecular flexibility index (Phi) is 5.41. The van der Waals surface area contributed by atoms with Gasteiger partial charge in [0.15, 0.2) is 10.4 Å². The van der Waals surface area contributed by atoms with E-state index in [-0.39, 0.29) is 15.8 Å². The van der Waals surface area contributed by atoms with Gasteiger partial charge >= 0.3 is 0 Å². The number of halogens is 2. The maximum Gasteiger partial charge on any atom is 0.264 e. The number of nitrogens with zero attached hydrogens (tertiary/aromatic N) is 2. The van der Waals surface area contributed by atoms with Gasteiger partial charge in [0.1, 0.15) is 5.75 Å². The van der Waals surface area contributed by atoms with Gasteiger partial charge in [0, 0.05) is 11.1 Å². The molecule has 0 atom stereocenters. The molecular weight excluding hydrogens is 420 g/mol. The van der Waals surface area contributed by atoms with E-state index in [1.165, 1.54) is 17.7 Å². The van der Waals surface area contributed by atoms with Crippen LogP contribution < -0.4 is 10.3 Å². The van der Waals surface area contributed by atoms with Crippen LogP contribution in [0.3, 0.4) is 0 Å². The van der Waals surface area contributed by atoms with E-state index < -0.39 is 17.5 Å². The van der Waals surface area contributed by atoms with Crippen molar-refractivity contribution in [2.24, 2.45) is 0 Å². The van der Waals surface area contributed by atoms with Crippen molar-refractivity contribution in [1.82, 2.24) is 14.5 Å². The molecule has 0 aliphatic carbocycles. The van der Waals surface area contributed by atoms with Crippen molar-refractivity contribution in [2.45, 2.75) is 20.3 Å². The van der Waals surface area contributed by atoms with Gasteiger partial charge in [0.05, 0.1) is 23.9 Å². The molecule has 0 saturated heterocycles. The summed E-state index contributed by atoms with van der Waals surface area (Å²) in [5, 5.41) is -0.206. The summed E-state index contributed by atoms with van der Waals surface area (Å²) >= 11 is 5.39. The van der Waals surface area contributed by atoms with Crippen molar-refractivity contribution in [3.05, 3.63) is 80.3 Å². The highest BCUT2D eigenvalue weighted by Crippen LogP contribution is 2.32. The Labute approximate surface area is 182 Å². The zero-order valence-corrected chi connectivity index (χ0v) is 17.9. The third-order valence-corrected chi connectivity index (χ3v) is 5.54. The molecule has 5 nitrogen and oxygen atoms in total. The average Bonchev–Trinajstić information content (AvgIpc) is 2.75. The number of H-pyrrole nitrogens is 1. The third kappa shape index (κ3) is 3.63. The Hall–Kier alpha value is -3.39. The van der Waals surface area contributed by atoms with Crippen molar-refractivity contribution in [3.8, 4) is 22.7 Å². The zero-order chi connectivity index (χ0) is 22.3. The number of fused-ring (bicyclic) bond motifs is 1. The van der Waals surface area contributed by atoms with Gasteiger partial charge in [0.2, 0.25) is 0 Å². The summed E-state index contributed by atoms with van der Waals surface area (Å²) in [4.78, 5) is 19.8. The fourth-order valence-electron chi connectivity index (χ4n) is 3.52. The maximum atomic E-state index is 14.1. The van der Waals surface area contributed by atoms with Crippen LogP contribution in [0.2, 0.25) is 0 Å². The number of nitrogens with one attached hydrogen (secondary N) is 1. The number of para-hydroxylation sites is 2. The number of aryl methyl sites for hydroxylation is 2. The van der Waals surface area contributed by atoms with Gasteiger partial charge < -0.3 is 4.74 Å². The molecule has 0 spiro atoms. The van der Waals surface area contributed by atoms with E-state index in [9.17, 15) is 13.6 Å². The molecule has 1 N–H and O–H groups in total. The van der Waals surface area contributed by atoms with Crippen molar-refractivity contribution >= 4 is 23.3 Å². The van der Waals surface area contributed by atoms with Gasteiger partial charge in [-0.3, -0.25) is 14.3 Å². The van der Waals surface area contributed by atoms with Gasteiger partial charge in [-0.15, -0.1) is 0 Å². The quantitative estimate of drug-likeness (QED) is 0.416. The van der Waals surface area contributed by atoms with Crippen LogP contribution >= 0.6 is 12.2 Å². The van der Waals surface area contributed by atoms with E-state index in [4.69, 9.17) is 17.0 Å². The molecular formula is C23H19F2N3O2S. The number of methoxy groups -OCH3 is 1.